The molecule has 8 nitrogen and oxygen atoms in total. The number of nitrogens with zero attached hydrogens (tertiary/aromatic N) is 1. The van der Waals surface area contributed by atoms with Crippen LogP contribution in [0.1, 0.15) is 31.1 Å². The number of carbonyl (C=O) groups excluding carboxylic acids is 1. The Labute approximate surface area is 120 Å². The smallest absolute Gasteiger partial charge is 0.344 e. The van der Waals surface area contributed by atoms with Gasteiger partial charge in [0.2, 0.25) is 0 Å². The molecule has 0 fully saturated rings. The molecule has 0 bridgehead atoms. The van der Waals surface area contributed by atoms with Crippen molar-refractivity contribution in [2.45, 2.75) is 26.4 Å². The monoisotopic (exact) mass is 297 g/mol. The van der Waals surface area contributed by atoms with Gasteiger partial charge in [-0.05, 0) is 26.8 Å². The first-order valence-electron chi connectivity index (χ1n) is 5.96. The Kier molecular flexibility index (Phi) is 4.85. The molecule has 1 rings (SSSR count). The van der Waals surface area contributed by atoms with Gasteiger partial charge in [0.25, 0.3) is 0 Å². The first kappa shape index (κ1) is 16.4. The number of aromatic carboxylic acids is 1. The summed E-state index contributed by atoms with van der Waals surface area (Å²) in [5.74, 6) is -2.27. The van der Waals surface area contributed by atoms with E-state index in [1.54, 1.807) is 20.8 Å². The molecule has 0 heterocycles. The summed E-state index contributed by atoms with van der Waals surface area (Å²) in [6, 6.07) is 3.08. The van der Waals surface area contributed by atoms with Crippen molar-refractivity contribution in [2.75, 3.05) is 6.61 Å². The highest BCUT2D eigenvalue weighted by Gasteiger charge is 2.21. The van der Waals surface area contributed by atoms with Gasteiger partial charge in [0.15, 0.2) is 12.4 Å². The minimum atomic E-state index is -1.26. The highest BCUT2D eigenvalue weighted by molar-refractivity contribution is 5.88. The van der Waals surface area contributed by atoms with E-state index in [-0.39, 0.29) is 11.3 Å². The number of carboxylic acid groups (broad SMARTS) is 1. The zero-order chi connectivity index (χ0) is 16.2. The Bertz CT molecular complexity index is 574. The van der Waals surface area contributed by atoms with Gasteiger partial charge in [0, 0.05) is 12.1 Å². The molecule has 0 aliphatic heterocycles. The van der Waals surface area contributed by atoms with Gasteiger partial charge in [-0.15, -0.1) is 0 Å². The molecule has 8 heteroatoms. The molecule has 0 radical (unpaired) electrons. The molecule has 0 saturated heterocycles. The number of rotatable bonds is 5. The van der Waals surface area contributed by atoms with Gasteiger partial charge < -0.3 is 14.6 Å². The summed E-state index contributed by atoms with van der Waals surface area (Å²) < 4.78 is 10.0. The van der Waals surface area contributed by atoms with Crippen LogP contribution < -0.4 is 4.74 Å². The average molecular weight is 297 g/mol. The van der Waals surface area contributed by atoms with Crippen molar-refractivity contribution in [3.8, 4) is 5.75 Å². The minimum absolute atomic E-state index is 0.181. The van der Waals surface area contributed by atoms with E-state index < -0.39 is 34.8 Å². The van der Waals surface area contributed by atoms with Crippen LogP contribution >= 0.6 is 0 Å². The van der Waals surface area contributed by atoms with Crippen LogP contribution in [0, 0.1) is 10.1 Å². The molecule has 1 aromatic carbocycles. The topological polar surface area (TPSA) is 116 Å². The van der Waals surface area contributed by atoms with Crippen molar-refractivity contribution in [2.24, 2.45) is 0 Å². The van der Waals surface area contributed by atoms with Gasteiger partial charge >= 0.3 is 17.6 Å². The van der Waals surface area contributed by atoms with Crippen molar-refractivity contribution in [1.82, 2.24) is 0 Å². The maximum atomic E-state index is 11.5. The van der Waals surface area contributed by atoms with E-state index in [2.05, 4.69) is 0 Å². The van der Waals surface area contributed by atoms with Crippen LogP contribution in [0.4, 0.5) is 5.69 Å². The second-order valence-corrected chi connectivity index (χ2v) is 5.12. The first-order valence-corrected chi connectivity index (χ1v) is 5.96. The van der Waals surface area contributed by atoms with E-state index in [4.69, 9.17) is 14.6 Å². The van der Waals surface area contributed by atoms with E-state index in [0.717, 1.165) is 18.2 Å². The molecule has 0 unspecified atom stereocenters. The summed E-state index contributed by atoms with van der Waals surface area (Å²) in [4.78, 5) is 32.5. The van der Waals surface area contributed by atoms with Crippen LogP contribution in [0.5, 0.6) is 5.75 Å². The zero-order valence-corrected chi connectivity index (χ0v) is 11.8. The molecule has 0 aliphatic rings. The molecule has 1 aromatic rings. The van der Waals surface area contributed by atoms with Gasteiger partial charge in [0.05, 0.1) is 10.5 Å². The zero-order valence-electron chi connectivity index (χ0n) is 11.8. The lowest BCUT2D eigenvalue weighted by Crippen LogP contribution is -2.27. The fraction of sp³-hybridized carbons (Fsp3) is 0.385. The lowest BCUT2D eigenvalue weighted by molar-refractivity contribution is -0.385. The third-order valence-electron chi connectivity index (χ3n) is 2.17. The third-order valence-corrected chi connectivity index (χ3v) is 2.17. The van der Waals surface area contributed by atoms with Crippen LogP contribution in [-0.4, -0.2) is 34.2 Å². The van der Waals surface area contributed by atoms with Crippen LogP contribution in [0.25, 0.3) is 0 Å². The molecular weight excluding hydrogens is 282 g/mol. The number of carbonyl (C=O) groups is 2. The summed E-state index contributed by atoms with van der Waals surface area (Å²) in [6.45, 7) is 4.44. The van der Waals surface area contributed by atoms with Gasteiger partial charge in [0.1, 0.15) is 5.60 Å². The molecule has 0 atom stereocenters. The summed E-state index contributed by atoms with van der Waals surface area (Å²) in [5, 5.41) is 19.7. The summed E-state index contributed by atoms with van der Waals surface area (Å²) in [6.07, 6.45) is 0. The molecule has 114 valence electrons. The quantitative estimate of drug-likeness (QED) is 0.502. The number of ether oxygens (including phenoxy) is 2. The van der Waals surface area contributed by atoms with Crippen molar-refractivity contribution < 1.29 is 29.1 Å². The normalized spacial score (nSPS) is 10.8. The number of carboxylic acids is 1. The van der Waals surface area contributed by atoms with Gasteiger partial charge in [-0.25, -0.2) is 9.59 Å². The molecule has 0 aliphatic carbocycles. The van der Waals surface area contributed by atoms with Crippen molar-refractivity contribution in [1.29, 1.82) is 0 Å². The van der Waals surface area contributed by atoms with Crippen LogP contribution in [0.3, 0.4) is 0 Å². The van der Waals surface area contributed by atoms with Gasteiger partial charge in [-0.1, -0.05) is 0 Å². The Balaban J connectivity index is 2.90. The Hall–Kier alpha value is -2.64. The van der Waals surface area contributed by atoms with Crippen LogP contribution in [0.2, 0.25) is 0 Å². The second-order valence-electron chi connectivity index (χ2n) is 5.12. The van der Waals surface area contributed by atoms with E-state index in [1.807, 2.05) is 0 Å². The van der Waals surface area contributed by atoms with E-state index >= 15 is 0 Å². The lowest BCUT2D eigenvalue weighted by Gasteiger charge is -2.19. The summed E-state index contributed by atoms with van der Waals surface area (Å²) in [7, 11) is 0. The molecule has 0 amide bonds. The largest absolute Gasteiger partial charge is 0.478 e. The van der Waals surface area contributed by atoms with Crippen molar-refractivity contribution >= 4 is 17.6 Å². The fourth-order valence-electron chi connectivity index (χ4n) is 1.42. The molecular formula is C13H15NO7. The number of esters is 1. The van der Waals surface area contributed by atoms with E-state index in [9.17, 15) is 19.7 Å². The molecule has 0 saturated carbocycles. The molecule has 0 spiro atoms. The highest BCUT2D eigenvalue weighted by atomic mass is 16.6. The second kappa shape index (κ2) is 6.21. The SMILES string of the molecule is CC(C)(C)OC(=O)COc1cc(C(=O)O)ccc1[N+](=O)[O-]. The molecule has 1 N–H and O–H groups in total. The number of hydrogen-bond acceptors (Lipinski definition) is 6. The van der Waals surface area contributed by atoms with E-state index in [0.29, 0.717) is 0 Å². The number of hydrogen-bond donors (Lipinski definition) is 1. The average Bonchev–Trinajstić information content (AvgIpc) is 2.33. The minimum Gasteiger partial charge on any atom is -0.478 e. The molecule has 0 aromatic heterocycles. The maximum Gasteiger partial charge on any atom is 0.344 e. The van der Waals surface area contributed by atoms with Gasteiger partial charge in [-0.3, -0.25) is 10.1 Å². The summed E-state index contributed by atoms with van der Waals surface area (Å²) in [5.41, 5.74) is -1.32. The van der Waals surface area contributed by atoms with Gasteiger partial charge in [-0.2, -0.15) is 0 Å². The first-order chi connectivity index (χ1) is 9.60. The number of benzene rings is 1. The maximum absolute atomic E-state index is 11.5. The molecule has 21 heavy (non-hydrogen) atoms. The van der Waals surface area contributed by atoms with Crippen LogP contribution in [0.15, 0.2) is 18.2 Å². The van der Waals surface area contributed by atoms with E-state index in [1.165, 1.54) is 0 Å². The predicted molar refractivity (Wildman–Crippen MR) is 71.4 cm³/mol. The summed E-state index contributed by atoms with van der Waals surface area (Å²) >= 11 is 0. The Morgan fingerprint density at radius 2 is 1.95 bits per heavy atom. The Morgan fingerprint density at radius 1 is 1.33 bits per heavy atom. The predicted octanol–water partition coefficient (Wildman–Crippen LogP) is 2.01. The Morgan fingerprint density at radius 3 is 2.43 bits per heavy atom. The van der Waals surface area contributed by atoms with Crippen molar-refractivity contribution in [3.63, 3.8) is 0 Å². The third kappa shape index (κ3) is 5.09. The van der Waals surface area contributed by atoms with Crippen molar-refractivity contribution in [3.05, 3.63) is 33.9 Å². The number of nitro benzene ring substituents is 1. The fourth-order valence-corrected chi connectivity index (χ4v) is 1.42. The standard InChI is InChI=1S/C13H15NO7/c1-13(2,3)21-11(15)7-20-10-6-8(12(16)17)4-5-9(10)14(18)19/h4-6H,7H2,1-3H3,(H,16,17). The van der Waals surface area contributed by atoms with Crippen LogP contribution in [-0.2, 0) is 9.53 Å². The highest BCUT2D eigenvalue weighted by Crippen LogP contribution is 2.28. The number of nitro groups is 1. The lowest BCUT2D eigenvalue weighted by atomic mass is 10.2.